The Morgan fingerprint density at radius 1 is 1.04 bits per heavy atom. The first-order chi connectivity index (χ1) is 13.9. The summed E-state index contributed by atoms with van der Waals surface area (Å²) in [6.07, 6.45) is 8.86. The molecule has 2 N–H and O–H groups in total. The smallest absolute Gasteiger partial charge is 0.223 e. The Bertz CT molecular complexity index is 766. The molecule has 0 amide bonds. The second-order valence-corrected chi connectivity index (χ2v) is 9.06. The van der Waals surface area contributed by atoms with Crippen LogP contribution in [0.4, 0.5) is 5.95 Å². The van der Waals surface area contributed by atoms with Crippen molar-refractivity contribution in [3.05, 3.63) is 29.8 Å². The van der Waals surface area contributed by atoms with Gasteiger partial charge in [-0.2, -0.15) is 0 Å². The Hall–Kier alpha value is -1.54. The molecule has 150 valence electrons. The molecular weight excluding hydrogens is 372 g/mol. The first-order valence-electron chi connectivity index (χ1n) is 10.5. The van der Waals surface area contributed by atoms with Gasteiger partial charge in [-0.05, 0) is 42.8 Å². The van der Waals surface area contributed by atoms with Gasteiger partial charge in [-0.15, -0.1) is 11.3 Å². The maximum Gasteiger partial charge on any atom is 0.223 e. The summed E-state index contributed by atoms with van der Waals surface area (Å²) >= 11 is 1.68. The van der Waals surface area contributed by atoms with Gasteiger partial charge >= 0.3 is 0 Å². The number of hydrogen-bond donors (Lipinski definition) is 2. The van der Waals surface area contributed by atoms with Crippen molar-refractivity contribution in [3.8, 4) is 10.6 Å². The average molecular weight is 401 g/mol. The predicted octanol–water partition coefficient (Wildman–Crippen LogP) is 3.32. The Morgan fingerprint density at radius 3 is 2.68 bits per heavy atom. The van der Waals surface area contributed by atoms with Crippen molar-refractivity contribution in [2.75, 3.05) is 25.1 Å². The monoisotopic (exact) mass is 400 g/mol. The molecule has 28 heavy (non-hydrogen) atoms. The highest BCUT2D eigenvalue weighted by molar-refractivity contribution is 7.13. The predicted molar refractivity (Wildman–Crippen MR) is 111 cm³/mol. The van der Waals surface area contributed by atoms with E-state index < -0.39 is 0 Å². The number of fused-ring (bicyclic) bond motifs is 1. The van der Waals surface area contributed by atoms with Crippen LogP contribution < -0.4 is 10.6 Å². The maximum absolute atomic E-state index is 6.11. The minimum atomic E-state index is 0.0536. The summed E-state index contributed by atoms with van der Waals surface area (Å²) in [6.45, 7) is 2.44. The summed E-state index contributed by atoms with van der Waals surface area (Å²) < 4.78 is 12.2. The van der Waals surface area contributed by atoms with Crippen LogP contribution in [0.2, 0.25) is 0 Å². The van der Waals surface area contributed by atoms with Gasteiger partial charge < -0.3 is 20.1 Å². The largest absolute Gasteiger partial charge is 0.371 e. The zero-order valence-electron chi connectivity index (χ0n) is 16.0. The van der Waals surface area contributed by atoms with Gasteiger partial charge in [0.05, 0.1) is 35.9 Å². The molecular formula is C21H28N4O2S. The van der Waals surface area contributed by atoms with E-state index in [0.29, 0.717) is 12.6 Å². The fourth-order valence-electron chi connectivity index (χ4n) is 4.66. The summed E-state index contributed by atoms with van der Waals surface area (Å²) in [5, 5.41) is 9.23. The lowest BCUT2D eigenvalue weighted by molar-refractivity contribution is 0.0671. The number of thiophene rings is 1. The molecule has 4 heterocycles. The van der Waals surface area contributed by atoms with Crippen molar-refractivity contribution in [3.63, 3.8) is 0 Å². The van der Waals surface area contributed by atoms with Crippen LogP contribution in [0, 0.1) is 5.92 Å². The van der Waals surface area contributed by atoms with E-state index in [2.05, 4.69) is 32.0 Å². The minimum absolute atomic E-state index is 0.0536. The molecule has 2 aliphatic heterocycles. The van der Waals surface area contributed by atoms with Crippen LogP contribution in [0.1, 0.15) is 32.1 Å². The molecule has 2 saturated heterocycles. The highest BCUT2D eigenvalue weighted by Gasteiger charge is 2.47. The van der Waals surface area contributed by atoms with Crippen LogP contribution in [0.5, 0.6) is 0 Å². The minimum Gasteiger partial charge on any atom is -0.371 e. The fourth-order valence-corrected chi connectivity index (χ4v) is 5.36. The third-order valence-corrected chi connectivity index (χ3v) is 7.08. The van der Waals surface area contributed by atoms with Gasteiger partial charge in [0, 0.05) is 6.20 Å². The second kappa shape index (κ2) is 8.45. The quantitative estimate of drug-likeness (QED) is 0.775. The molecule has 0 unspecified atom stereocenters. The summed E-state index contributed by atoms with van der Waals surface area (Å²) in [7, 11) is 0. The maximum atomic E-state index is 6.11. The van der Waals surface area contributed by atoms with Gasteiger partial charge in [0.1, 0.15) is 12.2 Å². The Morgan fingerprint density at radius 2 is 1.86 bits per heavy atom. The number of aromatic nitrogens is 2. The third kappa shape index (κ3) is 3.94. The topological polar surface area (TPSA) is 68.3 Å². The van der Waals surface area contributed by atoms with E-state index in [1.165, 1.54) is 32.1 Å². The molecule has 0 aromatic carbocycles. The van der Waals surface area contributed by atoms with Gasteiger partial charge in [0.25, 0.3) is 0 Å². The van der Waals surface area contributed by atoms with Crippen molar-refractivity contribution in [2.24, 2.45) is 5.92 Å². The first kappa shape index (κ1) is 18.5. The standard InChI is InChI=1S/C21H28N4O2S/c1-2-5-14(6-3-1)11-23-16-12-26-20-17(13-27-19(16)20)25-21-22-9-8-15(24-21)18-7-4-10-28-18/h4,7-10,14,16-17,19-20,23H,1-3,5-6,11-13H2,(H,22,24,25)/t16-,17-,19+,20+/m0/s1. The molecule has 2 aromatic heterocycles. The normalized spacial score (nSPS) is 30.4. The van der Waals surface area contributed by atoms with Crippen LogP contribution in [-0.4, -0.2) is 54.0 Å². The highest BCUT2D eigenvalue weighted by Crippen LogP contribution is 2.30. The van der Waals surface area contributed by atoms with E-state index >= 15 is 0 Å². The van der Waals surface area contributed by atoms with Crippen molar-refractivity contribution >= 4 is 17.3 Å². The molecule has 5 rings (SSSR count). The lowest BCUT2D eigenvalue weighted by Gasteiger charge is -2.25. The molecule has 6 nitrogen and oxygen atoms in total. The van der Waals surface area contributed by atoms with E-state index in [-0.39, 0.29) is 24.3 Å². The highest BCUT2D eigenvalue weighted by atomic mass is 32.1. The van der Waals surface area contributed by atoms with Crippen molar-refractivity contribution in [1.29, 1.82) is 0 Å². The second-order valence-electron chi connectivity index (χ2n) is 8.11. The molecule has 0 spiro atoms. The number of nitrogens with zero attached hydrogens (tertiary/aromatic N) is 2. The van der Waals surface area contributed by atoms with Crippen LogP contribution in [0.25, 0.3) is 10.6 Å². The molecule has 1 aliphatic carbocycles. The van der Waals surface area contributed by atoms with Crippen molar-refractivity contribution in [2.45, 2.75) is 56.4 Å². The van der Waals surface area contributed by atoms with E-state index in [0.717, 1.165) is 29.6 Å². The van der Waals surface area contributed by atoms with Crippen molar-refractivity contribution < 1.29 is 9.47 Å². The molecule has 2 aromatic rings. The SMILES string of the molecule is c1csc(-c2ccnc(N[C@H]3CO[C@H]4[C@@H]3OC[C@@H]4NCC3CCCCC3)n2)c1. The van der Waals surface area contributed by atoms with E-state index in [4.69, 9.17) is 9.47 Å². The number of ether oxygens (including phenoxy) is 2. The summed E-state index contributed by atoms with van der Waals surface area (Å²) in [5.41, 5.74) is 0.947. The summed E-state index contributed by atoms with van der Waals surface area (Å²) in [5.74, 6) is 1.46. The van der Waals surface area contributed by atoms with Gasteiger partial charge in [0.2, 0.25) is 5.95 Å². The van der Waals surface area contributed by atoms with E-state index in [1.54, 1.807) is 11.3 Å². The lowest BCUT2D eigenvalue weighted by Crippen LogP contribution is -2.44. The molecule has 1 saturated carbocycles. The van der Waals surface area contributed by atoms with Crippen molar-refractivity contribution in [1.82, 2.24) is 15.3 Å². The van der Waals surface area contributed by atoms with E-state index in [9.17, 15) is 0 Å². The molecule has 7 heteroatoms. The summed E-state index contributed by atoms with van der Waals surface area (Å²) in [6, 6.07) is 6.44. The molecule has 3 fully saturated rings. The molecule has 3 aliphatic rings. The van der Waals surface area contributed by atoms with Crippen LogP contribution in [-0.2, 0) is 9.47 Å². The van der Waals surface area contributed by atoms with Gasteiger partial charge in [0.15, 0.2) is 0 Å². The Balaban J connectivity index is 1.18. The number of hydrogen-bond acceptors (Lipinski definition) is 7. The zero-order chi connectivity index (χ0) is 18.8. The van der Waals surface area contributed by atoms with Gasteiger partial charge in [-0.25, -0.2) is 9.97 Å². The van der Waals surface area contributed by atoms with E-state index in [1.807, 2.05) is 18.3 Å². The first-order valence-corrected chi connectivity index (χ1v) is 11.3. The molecule has 0 bridgehead atoms. The number of rotatable bonds is 6. The van der Waals surface area contributed by atoms with Crippen LogP contribution >= 0.6 is 11.3 Å². The third-order valence-electron chi connectivity index (χ3n) is 6.19. The Kier molecular flexibility index (Phi) is 5.58. The van der Waals surface area contributed by atoms with Crippen LogP contribution in [0.3, 0.4) is 0 Å². The summed E-state index contributed by atoms with van der Waals surface area (Å²) in [4.78, 5) is 10.2. The van der Waals surface area contributed by atoms with Crippen LogP contribution in [0.15, 0.2) is 29.8 Å². The lowest BCUT2D eigenvalue weighted by atomic mass is 9.89. The van der Waals surface area contributed by atoms with Gasteiger partial charge in [-0.1, -0.05) is 25.3 Å². The van der Waals surface area contributed by atoms with Gasteiger partial charge in [-0.3, -0.25) is 0 Å². The molecule has 0 radical (unpaired) electrons. The average Bonchev–Trinajstić information content (AvgIpc) is 3.47. The number of anilines is 1. The fraction of sp³-hybridized carbons (Fsp3) is 0.619. The molecule has 4 atom stereocenters. The Labute approximate surface area is 170 Å². The zero-order valence-corrected chi connectivity index (χ0v) is 16.9. The number of nitrogens with one attached hydrogen (secondary N) is 2.